The largest absolute Gasteiger partial charge is 0.493 e. The fourth-order valence-electron chi connectivity index (χ4n) is 2.24. The van der Waals surface area contributed by atoms with E-state index < -0.39 is 22.0 Å². The van der Waals surface area contributed by atoms with E-state index in [4.69, 9.17) is 14.6 Å². The zero-order valence-electron chi connectivity index (χ0n) is 15.5. The Hall–Kier alpha value is -2.91. The standard InChI is InChI=1S/C19H22N2O6S/c1-3-10-26-16-7-4-14(12-22)18(11-16)27-13(2)19(23)21-15-5-8-17(9-6-15)28(20,24)25/h4-9,11-13H,3,10H2,1-2H3,(H,21,23)(H2,20,24,25)/t13-/m0/s1. The number of hydrogen-bond acceptors (Lipinski definition) is 6. The first-order chi connectivity index (χ1) is 13.2. The molecule has 0 aliphatic heterocycles. The van der Waals surface area contributed by atoms with Crippen LogP contribution in [0, 0.1) is 0 Å². The summed E-state index contributed by atoms with van der Waals surface area (Å²) >= 11 is 0. The van der Waals surface area contributed by atoms with Crippen molar-refractivity contribution < 1.29 is 27.5 Å². The lowest BCUT2D eigenvalue weighted by molar-refractivity contribution is -0.122. The molecule has 0 aliphatic carbocycles. The van der Waals surface area contributed by atoms with E-state index in [1.807, 2.05) is 6.92 Å². The van der Waals surface area contributed by atoms with Crippen LogP contribution in [0.4, 0.5) is 5.69 Å². The van der Waals surface area contributed by atoms with Crippen molar-refractivity contribution in [1.29, 1.82) is 0 Å². The van der Waals surface area contributed by atoms with Gasteiger partial charge in [0, 0.05) is 11.8 Å². The number of carbonyl (C=O) groups excluding carboxylic acids is 2. The van der Waals surface area contributed by atoms with Gasteiger partial charge in [0.25, 0.3) is 5.91 Å². The number of amides is 1. The van der Waals surface area contributed by atoms with E-state index in [-0.39, 0.29) is 10.6 Å². The predicted molar refractivity (Wildman–Crippen MR) is 104 cm³/mol. The second-order valence-electron chi connectivity index (χ2n) is 5.98. The smallest absolute Gasteiger partial charge is 0.265 e. The van der Waals surface area contributed by atoms with Crippen LogP contribution in [0.15, 0.2) is 47.4 Å². The number of carbonyl (C=O) groups is 2. The van der Waals surface area contributed by atoms with Crippen molar-refractivity contribution in [3.8, 4) is 11.5 Å². The van der Waals surface area contributed by atoms with Crippen molar-refractivity contribution in [2.75, 3.05) is 11.9 Å². The Bertz CT molecular complexity index is 941. The van der Waals surface area contributed by atoms with Gasteiger partial charge in [-0.25, -0.2) is 13.6 Å². The van der Waals surface area contributed by atoms with Crippen LogP contribution in [0.25, 0.3) is 0 Å². The van der Waals surface area contributed by atoms with Crippen LogP contribution in [-0.4, -0.2) is 33.3 Å². The Kier molecular flexibility index (Phi) is 7.13. The second kappa shape index (κ2) is 9.34. The molecule has 0 aromatic heterocycles. The van der Waals surface area contributed by atoms with Gasteiger partial charge in [-0.05, 0) is 49.7 Å². The molecule has 9 heteroatoms. The first-order valence-electron chi connectivity index (χ1n) is 8.57. The average Bonchev–Trinajstić information content (AvgIpc) is 2.66. The predicted octanol–water partition coefficient (Wildman–Crippen LogP) is 2.34. The summed E-state index contributed by atoms with van der Waals surface area (Å²) in [7, 11) is -3.81. The molecular weight excluding hydrogens is 384 g/mol. The van der Waals surface area contributed by atoms with Gasteiger partial charge in [-0.1, -0.05) is 6.92 Å². The summed E-state index contributed by atoms with van der Waals surface area (Å²) in [4.78, 5) is 23.5. The molecule has 0 saturated heterocycles. The molecule has 0 unspecified atom stereocenters. The molecule has 1 amide bonds. The second-order valence-corrected chi connectivity index (χ2v) is 7.55. The van der Waals surface area contributed by atoms with E-state index >= 15 is 0 Å². The van der Waals surface area contributed by atoms with E-state index in [9.17, 15) is 18.0 Å². The molecule has 0 bridgehead atoms. The normalized spacial score (nSPS) is 12.1. The van der Waals surface area contributed by atoms with Crippen molar-refractivity contribution in [3.05, 3.63) is 48.0 Å². The lowest BCUT2D eigenvalue weighted by atomic mass is 10.2. The SMILES string of the molecule is CCCOc1ccc(C=O)c(O[C@@H](C)C(=O)Nc2ccc(S(N)(=O)=O)cc2)c1. The number of aldehydes is 1. The number of nitrogens with one attached hydrogen (secondary N) is 1. The van der Waals surface area contributed by atoms with Crippen LogP contribution in [0.1, 0.15) is 30.6 Å². The summed E-state index contributed by atoms with van der Waals surface area (Å²) in [6.45, 7) is 4.02. The molecule has 2 aromatic carbocycles. The number of benzene rings is 2. The summed E-state index contributed by atoms with van der Waals surface area (Å²) in [6, 6.07) is 10.2. The van der Waals surface area contributed by atoms with Gasteiger partial charge in [-0.2, -0.15) is 0 Å². The molecule has 0 saturated carbocycles. The molecule has 0 heterocycles. The molecule has 0 radical (unpaired) electrons. The van der Waals surface area contributed by atoms with Gasteiger partial charge in [-0.3, -0.25) is 9.59 Å². The summed E-state index contributed by atoms with van der Waals surface area (Å²) in [5.74, 6) is 0.296. The van der Waals surface area contributed by atoms with Gasteiger partial charge in [0.1, 0.15) is 11.5 Å². The van der Waals surface area contributed by atoms with Crippen LogP contribution < -0.4 is 19.9 Å². The maximum absolute atomic E-state index is 12.4. The monoisotopic (exact) mass is 406 g/mol. The van der Waals surface area contributed by atoms with E-state index in [0.717, 1.165) is 6.42 Å². The Morgan fingerprint density at radius 1 is 1.21 bits per heavy atom. The number of anilines is 1. The highest BCUT2D eigenvalue weighted by atomic mass is 32.2. The van der Waals surface area contributed by atoms with Crippen molar-refractivity contribution in [2.45, 2.75) is 31.3 Å². The molecule has 150 valence electrons. The zero-order valence-corrected chi connectivity index (χ0v) is 16.4. The maximum Gasteiger partial charge on any atom is 0.265 e. The van der Waals surface area contributed by atoms with Crippen molar-refractivity contribution in [3.63, 3.8) is 0 Å². The molecule has 2 aromatic rings. The molecule has 0 fully saturated rings. The summed E-state index contributed by atoms with van der Waals surface area (Å²) in [6.07, 6.45) is 0.544. The fraction of sp³-hybridized carbons (Fsp3) is 0.263. The van der Waals surface area contributed by atoms with Crippen LogP contribution in [0.3, 0.4) is 0 Å². The highest BCUT2D eigenvalue weighted by Gasteiger charge is 2.18. The van der Waals surface area contributed by atoms with Crippen molar-refractivity contribution in [2.24, 2.45) is 5.14 Å². The van der Waals surface area contributed by atoms with Gasteiger partial charge in [0.15, 0.2) is 12.4 Å². The number of ether oxygens (including phenoxy) is 2. The molecule has 1 atom stereocenters. The molecule has 28 heavy (non-hydrogen) atoms. The lowest BCUT2D eigenvalue weighted by Crippen LogP contribution is -2.30. The molecule has 0 spiro atoms. The van der Waals surface area contributed by atoms with Gasteiger partial charge >= 0.3 is 0 Å². The Labute approximate surface area is 163 Å². The van der Waals surface area contributed by atoms with E-state index in [0.29, 0.717) is 29.9 Å². The molecule has 8 nitrogen and oxygen atoms in total. The minimum atomic E-state index is -3.81. The van der Waals surface area contributed by atoms with Crippen LogP contribution >= 0.6 is 0 Å². The molecule has 2 rings (SSSR count). The van der Waals surface area contributed by atoms with Gasteiger partial charge in [0.05, 0.1) is 17.1 Å². The number of primary sulfonamides is 1. The van der Waals surface area contributed by atoms with E-state index in [2.05, 4.69) is 5.32 Å². The molecular formula is C19H22N2O6S. The quantitative estimate of drug-likeness (QED) is 0.616. The number of nitrogens with two attached hydrogens (primary N) is 1. The third kappa shape index (κ3) is 5.80. The maximum atomic E-state index is 12.4. The first-order valence-corrected chi connectivity index (χ1v) is 10.1. The van der Waals surface area contributed by atoms with Crippen LogP contribution in [0.2, 0.25) is 0 Å². The Balaban J connectivity index is 2.08. The lowest BCUT2D eigenvalue weighted by Gasteiger charge is -2.17. The third-order valence-electron chi connectivity index (χ3n) is 3.71. The van der Waals surface area contributed by atoms with E-state index in [1.165, 1.54) is 31.2 Å². The van der Waals surface area contributed by atoms with E-state index in [1.54, 1.807) is 18.2 Å². The van der Waals surface area contributed by atoms with Crippen LogP contribution in [0.5, 0.6) is 11.5 Å². The zero-order chi connectivity index (χ0) is 20.7. The molecule has 3 N–H and O–H groups in total. The Morgan fingerprint density at radius 3 is 2.46 bits per heavy atom. The average molecular weight is 406 g/mol. The first kappa shape index (κ1) is 21.4. The number of sulfonamides is 1. The third-order valence-corrected chi connectivity index (χ3v) is 4.64. The highest BCUT2D eigenvalue weighted by Crippen LogP contribution is 2.25. The fourth-order valence-corrected chi connectivity index (χ4v) is 2.76. The van der Waals surface area contributed by atoms with Crippen molar-refractivity contribution in [1.82, 2.24) is 0 Å². The number of rotatable bonds is 9. The summed E-state index contributed by atoms with van der Waals surface area (Å²) in [5, 5.41) is 7.65. The summed E-state index contributed by atoms with van der Waals surface area (Å²) < 4.78 is 33.7. The Morgan fingerprint density at radius 2 is 1.89 bits per heavy atom. The minimum Gasteiger partial charge on any atom is -0.493 e. The topological polar surface area (TPSA) is 125 Å². The van der Waals surface area contributed by atoms with Crippen molar-refractivity contribution >= 4 is 27.9 Å². The molecule has 0 aliphatic rings. The van der Waals surface area contributed by atoms with Gasteiger partial charge < -0.3 is 14.8 Å². The highest BCUT2D eigenvalue weighted by molar-refractivity contribution is 7.89. The number of hydrogen-bond donors (Lipinski definition) is 2. The summed E-state index contributed by atoms with van der Waals surface area (Å²) in [5.41, 5.74) is 0.671. The van der Waals surface area contributed by atoms with Crippen LogP contribution in [-0.2, 0) is 14.8 Å². The van der Waals surface area contributed by atoms with Gasteiger partial charge in [-0.15, -0.1) is 0 Å². The van der Waals surface area contributed by atoms with Gasteiger partial charge in [0.2, 0.25) is 10.0 Å². The minimum absolute atomic E-state index is 0.0608.